The van der Waals surface area contributed by atoms with Crippen LogP contribution >= 0.6 is 0 Å². The van der Waals surface area contributed by atoms with E-state index in [4.69, 9.17) is 0 Å². The first-order valence-electron chi connectivity index (χ1n) is 6.67. The lowest BCUT2D eigenvalue weighted by Crippen LogP contribution is -2.51. The minimum atomic E-state index is 0.0640. The summed E-state index contributed by atoms with van der Waals surface area (Å²) in [5.41, 5.74) is 0.403. The van der Waals surface area contributed by atoms with E-state index in [9.17, 15) is 4.79 Å². The highest BCUT2D eigenvalue weighted by Crippen LogP contribution is 2.59. The van der Waals surface area contributed by atoms with E-state index in [1.54, 1.807) is 0 Å². The molecule has 1 fully saturated rings. The third-order valence-corrected chi connectivity index (χ3v) is 5.00. The van der Waals surface area contributed by atoms with Gasteiger partial charge in [-0.15, -0.1) is 6.58 Å². The van der Waals surface area contributed by atoms with Crippen molar-refractivity contribution >= 4 is 5.78 Å². The fourth-order valence-electron chi connectivity index (χ4n) is 3.67. The molecule has 0 aromatic rings. The zero-order valence-electron chi connectivity index (χ0n) is 12.4. The van der Waals surface area contributed by atoms with Gasteiger partial charge >= 0.3 is 0 Å². The van der Waals surface area contributed by atoms with E-state index < -0.39 is 0 Å². The van der Waals surface area contributed by atoms with E-state index in [-0.39, 0.29) is 16.2 Å². The largest absolute Gasteiger partial charge is 0.300 e. The van der Waals surface area contributed by atoms with Gasteiger partial charge in [-0.1, -0.05) is 47.6 Å². The van der Waals surface area contributed by atoms with Crippen molar-refractivity contribution < 1.29 is 4.79 Å². The van der Waals surface area contributed by atoms with Crippen molar-refractivity contribution in [2.75, 3.05) is 0 Å². The Balaban J connectivity index is 3.23. The minimum absolute atomic E-state index is 0.0640. The average Bonchev–Trinajstić information content (AvgIpc) is 2.09. The van der Waals surface area contributed by atoms with E-state index in [2.05, 4.69) is 48.1 Å². The molecular weight excluding hydrogens is 208 g/mol. The molecule has 1 aliphatic carbocycles. The van der Waals surface area contributed by atoms with Gasteiger partial charge in [-0.2, -0.15) is 0 Å². The first kappa shape index (κ1) is 14.5. The Morgan fingerprint density at radius 2 is 1.88 bits per heavy atom. The molecule has 0 amide bonds. The third-order valence-electron chi connectivity index (χ3n) is 5.00. The molecule has 1 nitrogen and oxygen atoms in total. The fourth-order valence-corrected chi connectivity index (χ4v) is 3.67. The van der Waals surface area contributed by atoms with Gasteiger partial charge in [0.25, 0.3) is 0 Å². The third kappa shape index (κ3) is 2.48. The highest BCUT2D eigenvalue weighted by atomic mass is 16.1. The van der Waals surface area contributed by atoms with Crippen LogP contribution in [0.3, 0.4) is 0 Å². The number of allylic oxidation sites excluding steroid dienone is 1. The maximum Gasteiger partial charge on any atom is 0.133 e. The van der Waals surface area contributed by atoms with Crippen molar-refractivity contribution in [3.05, 3.63) is 12.7 Å². The molecule has 1 unspecified atom stereocenters. The smallest absolute Gasteiger partial charge is 0.133 e. The highest BCUT2D eigenvalue weighted by molar-refractivity contribution is 5.80. The van der Waals surface area contributed by atoms with Crippen LogP contribution < -0.4 is 0 Å². The molecule has 0 N–H and O–H groups in total. The zero-order valence-corrected chi connectivity index (χ0v) is 12.4. The van der Waals surface area contributed by atoms with Crippen LogP contribution in [0.25, 0.3) is 0 Å². The van der Waals surface area contributed by atoms with Gasteiger partial charge in [0.05, 0.1) is 0 Å². The molecule has 0 radical (unpaired) electrons. The maximum atomic E-state index is 12.0. The maximum absolute atomic E-state index is 12.0. The van der Waals surface area contributed by atoms with Gasteiger partial charge < -0.3 is 0 Å². The van der Waals surface area contributed by atoms with Gasteiger partial charge in [-0.3, -0.25) is 4.79 Å². The number of hydrogen-bond acceptors (Lipinski definition) is 1. The second-order valence-corrected chi connectivity index (χ2v) is 7.63. The summed E-state index contributed by atoms with van der Waals surface area (Å²) in [6.07, 6.45) is 4.46. The van der Waals surface area contributed by atoms with Crippen molar-refractivity contribution in [1.29, 1.82) is 0 Å². The molecule has 0 aromatic carbocycles. The van der Waals surface area contributed by atoms with Gasteiger partial charge in [-0.25, -0.2) is 0 Å². The lowest BCUT2D eigenvalue weighted by atomic mass is 9.47. The molecule has 17 heavy (non-hydrogen) atoms. The first-order chi connectivity index (χ1) is 7.54. The molecule has 0 heterocycles. The molecule has 0 aliphatic heterocycles. The summed E-state index contributed by atoms with van der Waals surface area (Å²) in [7, 11) is 0. The molecule has 2 atom stereocenters. The van der Waals surface area contributed by atoms with Crippen molar-refractivity contribution in [3.63, 3.8) is 0 Å². The average molecular weight is 236 g/mol. The van der Waals surface area contributed by atoms with E-state index in [1.165, 1.54) is 0 Å². The van der Waals surface area contributed by atoms with Crippen LogP contribution in [0.5, 0.6) is 0 Å². The summed E-state index contributed by atoms with van der Waals surface area (Å²) >= 11 is 0. The van der Waals surface area contributed by atoms with Crippen LogP contribution in [-0.4, -0.2) is 5.78 Å². The zero-order chi connectivity index (χ0) is 13.5. The van der Waals surface area contributed by atoms with Crippen LogP contribution in [0.4, 0.5) is 0 Å². The number of rotatable bonds is 2. The van der Waals surface area contributed by atoms with Crippen molar-refractivity contribution in [2.24, 2.45) is 22.2 Å². The number of carbonyl (C=O) groups is 1. The minimum Gasteiger partial charge on any atom is -0.300 e. The van der Waals surface area contributed by atoms with Gasteiger partial charge in [0.1, 0.15) is 5.78 Å². The summed E-state index contributed by atoms with van der Waals surface area (Å²) in [4.78, 5) is 12.0. The second-order valence-electron chi connectivity index (χ2n) is 7.63. The molecule has 1 rings (SSSR count). The predicted octanol–water partition coefficient (Wildman–Crippen LogP) is 4.62. The van der Waals surface area contributed by atoms with Gasteiger partial charge in [0, 0.05) is 12.8 Å². The van der Waals surface area contributed by atoms with E-state index >= 15 is 0 Å². The van der Waals surface area contributed by atoms with E-state index in [0.29, 0.717) is 18.1 Å². The summed E-state index contributed by atoms with van der Waals surface area (Å²) in [5.74, 6) is 0.862. The molecule has 1 aliphatic rings. The topological polar surface area (TPSA) is 17.1 Å². The van der Waals surface area contributed by atoms with Gasteiger partial charge in [0.2, 0.25) is 0 Å². The lowest BCUT2D eigenvalue weighted by molar-refractivity contribution is -0.140. The van der Waals surface area contributed by atoms with Gasteiger partial charge in [-0.05, 0) is 28.6 Å². The second kappa shape index (κ2) is 4.26. The molecule has 1 saturated carbocycles. The SMILES string of the molecule is C=CC[C@@]1(C)C(C(C)(C)C)CC(=O)CC1(C)C. The van der Waals surface area contributed by atoms with Crippen LogP contribution in [0.2, 0.25) is 0 Å². The summed E-state index contributed by atoms with van der Waals surface area (Å²) in [5, 5.41) is 0. The molecule has 0 spiro atoms. The van der Waals surface area contributed by atoms with Crippen LogP contribution in [0, 0.1) is 22.2 Å². The molecule has 0 saturated heterocycles. The predicted molar refractivity (Wildman–Crippen MR) is 73.9 cm³/mol. The van der Waals surface area contributed by atoms with Crippen molar-refractivity contribution in [3.8, 4) is 0 Å². The fraction of sp³-hybridized carbons (Fsp3) is 0.812. The number of Topliss-reactive ketones (excluding diaryl/α,β-unsaturated/α-hetero) is 1. The van der Waals surface area contributed by atoms with Crippen LogP contribution in [0.15, 0.2) is 12.7 Å². The Labute approximate surface area is 107 Å². The Morgan fingerprint density at radius 1 is 1.35 bits per heavy atom. The molecular formula is C16H28O. The Morgan fingerprint density at radius 3 is 2.29 bits per heavy atom. The van der Waals surface area contributed by atoms with Crippen LogP contribution in [0.1, 0.15) is 60.8 Å². The van der Waals surface area contributed by atoms with Crippen molar-refractivity contribution in [2.45, 2.75) is 60.8 Å². The first-order valence-corrected chi connectivity index (χ1v) is 6.67. The Kier molecular flexibility index (Phi) is 3.63. The molecule has 1 heteroatoms. The van der Waals surface area contributed by atoms with Crippen molar-refractivity contribution in [1.82, 2.24) is 0 Å². The number of carbonyl (C=O) groups excluding carboxylic acids is 1. The summed E-state index contributed by atoms with van der Waals surface area (Å²) in [6.45, 7) is 17.5. The Bertz CT molecular complexity index is 319. The van der Waals surface area contributed by atoms with E-state index in [0.717, 1.165) is 12.8 Å². The molecule has 98 valence electrons. The standard InChI is InChI=1S/C16H28O/c1-8-9-16(7)13(14(2,3)4)10-12(17)11-15(16,5)6/h8,13H,1,9-11H2,2-7H3/t13?,16-/m0/s1. The summed E-state index contributed by atoms with van der Waals surface area (Å²) < 4.78 is 0. The lowest BCUT2D eigenvalue weighted by Gasteiger charge is -2.56. The number of ketones is 1. The molecule has 0 bridgehead atoms. The summed E-state index contributed by atoms with van der Waals surface area (Å²) in [6, 6.07) is 0. The van der Waals surface area contributed by atoms with Crippen LogP contribution in [-0.2, 0) is 4.79 Å². The van der Waals surface area contributed by atoms with E-state index in [1.807, 2.05) is 6.08 Å². The number of hydrogen-bond donors (Lipinski definition) is 0. The molecule has 0 aromatic heterocycles. The quantitative estimate of drug-likeness (QED) is 0.639. The van der Waals surface area contributed by atoms with Gasteiger partial charge in [0.15, 0.2) is 0 Å². The normalized spacial score (nSPS) is 33.5. The monoisotopic (exact) mass is 236 g/mol. The highest BCUT2D eigenvalue weighted by Gasteiger charge is 2.53. The Hall–Kier alpha value is -0.590.